The van der Waals surface area contributed by atoms with Gasteiger partial charge in [-0.1, -0.05) is 6.92 Å². The highest BCUT2D eigenvalue weighted by Gasteiger charge is 2.24. The number of nitrogens with zero attached hydrogens (tertiary/aromatic N) is 2. The zero-order valence-corrected chi connectivity index (χ0v) is 13.5. The first-order valence-corrected chi connectivity index (χ1v) is 8.27. The summed E-state index contributed by atoms with van der Waals surface area (Å²) >= 11 is 5.33. The van der Waals surface area contributed by atoms with Crippen LogP contribution in [0.2, 0.25) is 0 Å². The first-order chi connectivity index (χ1) is 9.11. The molecule has 1 unspecified atom stereocenters. The van der Waals surface area contributed by atoms with Crippen LogP contribution in [0.15, 0.2) is 15.9 Å². The van der Waals surface area contributed by atoms with Crippen LogP contribution < -0.4 is 5.73 Å². The molecule has 19 heavy (non-hydrogen) atoms. The van der Waals surface area contributed by atoms with E-state index in [-0.39, 0.29) is 11.9 Å². The highest BCUT2D eigenvalue weighted by atomic mass is 79.9. The molecule has 2 rings (SSSR count). The predicted octanol–water partition coefficient (Wildman–Crippen LogP) is 1.89. The van der Waals surface area contributed by atoms with Gasteiger partial charge >= 0.3 is 0 Å². The summed E-state index contributed by atoms with van der Waals surface area (Å²) in [6.07, 6.45) is 0.710. The Kier molecular flexibility index (Phi) is 5.38. The molecular formula is C13H20BrN3OS. The predicted molar refractivity (Wildman–Crippen MR) is 82.1 cm³/mol. The lowest BCUT2D eigenvalue weighted by Crippen LogP contribution is -2.52. The van der Waals surface area contributed by atoms with Gasteiger partial charge in [0.15, 0.2) is 0 Å². The van der Waals surface area contributed by atoms with Crippen molar-refractivity contribution in [2.75, 3.05) is 26.2 Å². The lowest BCUT2D eigenvalue weighted by molar-refractivity contribution is -0.134. The minimum atomic E-state index is -0.335. The third-order valence-corrected chi connectivity index (χ3v) is 5.41. The van der Waals surface area contributed by atoms with Gasteiger partial charge in [-0.2, -0.15) is 0 Å². The van der Waals surface area contributed by atoms with E-state index in [1.165, 1.54) is 9.35 Å². The van der Waals surface area contributed by atoms with Crippen molar-refractivity contribution in [1.82, 2.24) is 9.80 Å². The minimum Gasteiger partial charge on any atom is -0.339 e. The van der Waals surface area contributed by atoms with Gasteiger partial charge < -0.3 is 10.6 Å². The van der Waals surface area contributed by atoms with Crippen LogP contribution in [0, 0.1) is 0 Å². The van der Waals surface area contributed by atoms with Crippen LogP contribution >= 0.6 is 27.3 Å². The molecule has 2 heterocycles. The van der Waals surface area contributed by atoms with Crippen LogP contribution in [0.4, 0.5) is 0 Å². The zero-order valence-electron chi connectivity index (χ0n) is 11.1. The molecule has 6 heteroatoms. The topological polar surface area (TPSA) is 49.6 Å². The molecule has 0 radical (unpaired) electrons. The third-order valence-electron chi connectivity index (χ3n) is 3.50. The molecule has 1 fully saturated rings. The Bertz CT molecular complexity index is 429. The smallest absolute Gasteiger partial charge is 0.239 e. The summed E-state index contributed by atoms with van der Waals surface area (Å²) in [6.45, 7) is 6.33. The van der Waals surface area contributed by atoms with Gasteiger partial charge in [-0.25, -0.2) is 0 Å². The number of hydrogen-bond acceptors (Lipinski definition) is 4. The van der Waals surface area contributed by atoms with Crippen molar-refractivity contribution in [3.8, 4) is 0 Å². The van der Waals surface area contributed by atoms with Crippen LogP contribution in [0.1, 0.15) is 18.2 Å². The Morgan fingerprint density at radius 1 is 1.47 bits per heavy atom. The highest BCUT2D eigenvalue weighted by molar-refractivity contribution is 9.10. The lowest BCUT2D eigenvalue weighted by Gasteiger charge is -2.35. The summed E-state index contributed by atoms with van der Waals surface area (Å²) in [7, 11) is 0. The summed E-state index contributed by atoms with van der Waals surface area (Å²) in [5, 5.41) is 2.10. The number of hydrogen-bond donors (Lipinski definition) is 1. The third kappa shape index (κ3) is 3.78. The summed E-state index contributed by atoms with van der Waals surface area (Å²) in [4.78, 5) is 17.6. The van der Waals surface area contributed by atoms with Crippen LogP contribution in [0.3, 0.4) is 0 Å². The number of carbonyl (C=O) groups excluding carboxylic acids is 1. The monoisotopic (exact) mass is 345 g/mol. The second kappa shape index (κ2) is 6.83. The Hall–Kier alpha value is -0.430. The SMILES string of the molecule is CCC(N)C(=O)N1CCN(Cc2sccc2Br)CC1. The molecule has 1 amide bonds. The fourth-order valence-corrected chi connectivity index (χ4v) is 3.70. The standard InChI is InChI=1S/C13H20BrN3OS/c1-2-11(15)13(18)17-6-4-16(5-7-17)9-12-10(14)3-8-19-12/h3,8,11H,2,4-7,9,15H2,1H3. The number of thiophene rings is 1. The van der Waals surface area contributed by atoms with Crippen molar-refractivity contribution in [1.29, 1.82) is 0 Å². The van der Waals surface area contributed by atoms with Gasteiger partial charge in [0.1, 0.15) is 0 Å². The molecular weight excluding hydrogens is 326 g/mol. The lowest BCUT2D eigenvalue weighted by atomic mass is 10.2. The largest absolute Gasteiger partial charge is 0.339 e. The zero-order chi connectivity index (χ0) is 13.8. The van der Waals surface area contributed by atoms with Crippen molar-refractivity contribution in [2.45, 2.75) is 25.9 Å². The van der Waals surface area contributed by atoms with Crippen molar-refractivity contribution < 1.29 is 4.79 Å². The Morgan fingerprint density at radius 2 is 2.16 bits per heavy atom. The molecule has 1 aromatic rings. The Labute approximate surface area is 126 Å². The quantitative estimate of drug-likeness (QED) is 0.906. The maximum atomic E-state index is 12.0. The fraction of sp³-hybridized carbons (Fsp3) is 0.615. The number of amides is 1. The second-order valence-corrected chi connectivity index (χ2v) is 6.66. The van der Waals surface area contributed by atoms with Crippen LogP contribution in [0.5, 0.6) is 0 Å². The first-order valence-electron chi connectivity index (χ1n) is 6.60. The molecule has 2 N–H and O–H groups in total. The second-order valence-electron chi connectivity index (χ2n) is 4.81. The summed E-state index contributed by atoms with van der Waals surface area (Å²) in [6, 6.07) is 1.75. The molecule has 1 aromatic heterocycles. The van der Waals surface area contributed by atoms with Crippen LogP contribution in [-0.4, -0.2) is 47.9 Å². The summed E-state index contributed by atoms with van der Waals surface area (Å²) in [5.41, 5.74) is 5.80. The van der Waals surface area contributed by atoms with Gasteiger partial charge in [0.2, 0.25) is 5.91 Å². The Morgan fingerprint density at radius 3 is 2.68 bits per heavy atom. The molecule has 106 valence electrons. The van der Waals surface area contributed by atoms with Crippen molar-refractivity contribution in [2.24, 2.45) is 5.73 Å². The molecule has 1 atom stereocenters. The van der Waals surface area contributed by atoms with E-state index in [4.69, 9.17) is 5.73 Å². The van der Waals surface area contributed by atoms with Gasteiger partial charge in [0.25, 0.3) is 0 Å². The molecule has 0 aliphatic carbocycles. The van der Waals surface area contributed by atoms with Gasteiger partial charge in [-0.15, -0.1) is 11.3 Å². The van der Waals surface area contributed by atoms with Crippen molar-refractivity contribution in [3.05, 3.63) is 20.8 Å². The van der Waals surface area contributed by atoms with E-state index < -0.39 is 0 Å². The van der Waals surface area contributed by atoms with Gasteiger partial charge in [0.05, 0.1) is 6.04 Å². The van der Waals surface area contributed by atoms with Crippen LogP contribution in [0.25, 0.3) is 0 Å². The first kappa shape index (κ1) is 15.0. The fourth-order valence-electron chi connectivity index (χ4n) is 2.18. The van der Waals surface area contributed by atoms with Gasteiger partial charge in [0, 0.05) is 42.1 Å². The van der Waals surface area contributed by atoms with E-state index in [0.717, 1.165) is 32.7 Å². The van der Waals surface area contributed by atoms with E-state index in [9.17, 15) is 4.79 Å². The summed E-state index contributed by atoms with van der Waals surface area (Å²) in [5.74, 6) is 0.0967. The highest BCUT2D eigenvalue weighted by Crippen LogP contribution is 2.24. The van der Waals surface area contributed by atoms with E-state index in [0.29, 0.717) is 6.42 Å². The van der Waals surface area contributed by atoms with Gasteiger partial charge in [-0.05, 0) is 33.8 Å². The van der Waals surface area contributed by atoms with E-state index in [1.54, 1.807) is 11.3 Å². The Balaban J connectivity index is 1.83. The van der Waals surface area contributed by atoms with E-state index in [2.05, 4.69) is 32.3 Å². The molecule has 4 nitrogen and oxygen atoms in total. The van der Waals surface area contributed by atoms with Gasteiger partial charge in [-0.3, -0.25) is 9.69 Å². The van der Waals surface area contributed by atoms with Crippen molar-refractivity contribution in [3.63, 3.8) is 0 Å². The average Bonchev–Trinajstić information content (AvgIpc) is 2.83. The molecule has 0 saturated carbocycles. The number of nitrogens with two attached hydrogens (primary N) is 1. The summed E-state index contributed by atoms with van der Waals surface area (Å²) < 4.78 is 1.18. The maximum Gasteiger partial charge on any atom is 0.239 e. The number of carbonyl (C=O) groups is 1. The molecule has 0 bridgehead atoms. The van der Waals surface area contributed by atoms with Crippen LogP contribution in [-0.2, 0) is 11.3 Å². The maximum absolute atomic E-state index is 12.0. The van der Waals surface area contributed by atoms with E-state index >= 15 is 0 Å². The molecule has 1 aliphatic rings. The molecule has 1 saturated heterocycles. The number of piperazine rings is 1. The minimum absolute atomic E-state index is 0.0967. The van der Waals surface area contributed by atoms with E-state index in [1.807, 2.05) is 11.8 Å². The normalized spacial score (nSPS) is 18.6. The van der Waals surface area contributed by atoms with Crippen molar-refractivity contribution >= 4 is 33.2 Å². The number of halogens is 1. The molecule has 0 aromatic carbocycles. The number of rotatable bonds is 4. The average molecular weight is 346 g/mol. The molecule has 0 spiro atoms. The molecule has 1 aliphatic heterocycles.